The van der Waals surface area contributed by atoms with E-state index in [2.05, 4.69) is 0 Å². The summed E-state index contributed by atoms with van der Waals surface area (Å²) in [5, 5.41) is 1.06. The lowest BCUT2D eigenvalue weighted by atomic mass is 10.2. The number of halogens is 1. The Hall–Kier alpha value is -1.10. The van der Waals surface area contributed by atoms with Gasteiger partial charge in [-0.15, -0.1) is 23.7 Å². The van der Waals surface area contributed by atoms with Crippen LogP contribution >= 0.6 is 23.7 Å². The first-order valence-corrected chi connectivity index (χ1v) is 5.96. The van der Waals surface area contributed by atoms with Crippen molar-refractivity contribution < 1.29 is 9.53 Å². The van der Waals surface area contributed by atoms with Crippen molar-refractivity contribution in [1.29, 1.82) is 0 Å². The van der Waals surface area contributed by atoms with Gasteiger partial charge in [0.2, 0.25) is 0 Å². The number of thiophene rings is 1. The van der Waals surface area contributed by atoms with E-state index in [1.54, 1.807) is 6.92 Å². The minimum absolute atomic E-state index is 0. The van der Waals surface area contributed by atoms with Crippen molar-refractivity contribution in [3.05, 3.63) is 34.7 Å². The van der Waals surface area contributed by atoms with Gasteiger partial charge in [0.1, 0.15) is 4.88 Å². The zero-order valence-corrected chi connectivity index (χ0v) is 11.1. The number of carbonyl (C=O) groups excluding carboxylic acids is 1. The van der Waals surface area contributed by atoms with Crippen LogP contribution in [0, 0.1) is 0 Å². The molecule has 2 N–H and O–H groups in total. The van der Waals surface area contributed by atoms with Gasteiger partial charge < -0.3 is 10.5 Å². The monoisotopic (exact) mass is 271 g/mol. The molecule has 0 atom stereocenters. The van der Waals surface area contributed by atoms with Gasteiger partial charge in [-0.25, -0.2) is 4.79 Å². The Bertz CT molecular complexity index is 524. The number of hydrogen-bond donors (Lipinski definition) is 1. The molecule has 2 aromatic rings. The largest absolute Gasteiger partial charge is 0.462 e. The van der Waals surface area contributed by atoms with Crippen LogP contribution in [0.15, 0.2) is 24.3 Å². The van der Waals surface area contributed by atoms with Gasteiger partial charge >= 0.3 is 5.97 Å². The maximum Gasteiger partial charge on any atom is 0.348 e. The van der Waals surface area contributed by atoms with Gasteiger partial charge in [-0.3, -0.25) is 0 Å². The Morgan fingerprint density at radius 3 is 2.82 bits per heavy atom. The van der Waals surface area contributed by atoms with Gasteiger partial charge in [-0.05, 0) is 30.0 Å². The first kappa shape index (κ1) is 14.0. The van der Waals surface area contributed by atoms with Crippen LogP contribution in [0.25, 0.3) is 10.1 Å². The Morgan fingerprint density at radius 1 is 1.41 bits per heavy atom. The van der Waals surface area contributed by atoms with Gasteiger partial charge in [-0.1, -0.05) is 12.1 Å². The van der Waals surface area contributed by atoms with Crippen molar-refractivity contribution in [2.45, 2.75) is 13.5 Å². The summed E-state index contributed by atoms with van der Waals surface area (Å²) in [5.74, 6) is -0.252. The number of hydrogen-bond acceptors (Lipinski definition) is 4. The Balaban J connectivity index is 0.00000144. The molecule has 0 fully saturated rings. The molecule has 0 unspecified atom stereocenters. The normalized spacial score (nSPS) is 10.0. The van der Waals surface area contributed by atoms with Crippen LogP contribution in [0.1, 0.15) is 22.2 Å². The van der Waals surface area contributed by atoms with Gasteiger partial charge in [-0.2, -0.15) is 0 Å². The summed E-state index contributed by atoms with van der Waals surface area (Å²) in [6.45, 7) is 2.72. The van der Waals surface area contributed by atoms with Crippen molar-refractivity contribution in [2.75, 3.05) is 6.61 Å². The molecule has 0 bridgehead atoms. The molecule has 3 nitrogen and oxygen atoms in total. The first-order valence-electron chi connectivity index (χ1n) is 5.14. The summed E-state index contributed by atoms with van der Waals surface area (Å²) >= 11 is 1.44. The highest BCUT2D eigenvalue weighted by atomic mass is 35.5. The second kappa shape index (κ2) is 6.00. The van der Waals surface area contributed by atoms with Crippen molar-refractivity contribution in [3.8, 4) is 0 Å². The van der Waals surface area contributed by atoms with Crippen LogP contribution in [-0.2, 0) is 11.3 Å². The van der Waals surface area contributed by atoms with E-state index in [0.29, 0.717) is 18.0 Å². The summed E-state index contributed by atoms with van der Waals surface area (Å²) < 4.78 is 6.04. The molecule has 0 spiro atoms. The predicted molar refractivity (Wildman–Crippen MR) is 72.9 cm³/mol. The molecule has 0 radical (unpaired) electrons. The fourth-order valence-electron chi connectivity index (χ4n) is 1.51. The van der Waals surface area contributed by atoms with E-state index in [1.165, 1.54) is 11.3 Å². The number of ether oxygens (including phenoxy) is 1. The van der Waals surface area contributed by atoms with Crippen LogP contribution < -0.4 is 5.73 Å². The fraction of sp³-hybridized carbons (Fsp3) is 0.250. The quantitative estimate of drug-likeness (QED) is 0.873. The molecular formula is C12H14ClNO2S. The van der Waals surface area contributed by atoms with Crippen molar-refractivity contribution in [2.24, 2.45) is 5.73 Å². The molecule has 0 amide bonds. The SMILES string of the molecule is CCOC(=O)c1cc2ccc(CN)cc2s1.Cl. The molecule has 1 aromatic carbocycles. The molecule has 17 heavy (non-hydrogen) atoms. The van der Waals surface area contributed by atoms with Crippen molar-refractivity contribution in [3.63, 3.8) is 0 Å². The average molecular weight is 272 g/mol. The van der Waals surface area contributed by atoms with Crippen molar-refractivity contribution in [1.82, 2.24) is 0 Å². The van der Waals surface area contributed by atoms with Gasteiger partial charge in [0, 0.05) is 11.2 Å². The van der Waals surface area contributed by atoms with E-state index in [0.717, 1.165) is 15.6 Å². The third-order valence-electron chi connectivity index (χ3n) is 2.30. The van der Waals surface area contributed by atoms with E-state index in [1.807, 2.05) is 24.3 Å². The third kappa shape index (κ3) is 2.97. The Labute approximate surface area is 110 Å². The molecule has 0 aliphatic carbocycles. The highest BCUT2D eigenvalue weighted by molar-refractivity contribution is 7.20. The summed E-state index contributed by atoms with van der Waals surface area (Å²) in [5.41, 5.74) is 6.64. The first-order chi connectivity index (χ1) is 7.74. The molecule has 5 heteroatoms. The summed E-state index contributed by atoms with van der Waals surface area (Å²) in [6.07, 6.45) is 0. The molecule has 92 valence electrons. The molecule has 1 heterocycles. The second-order valence-electron chi connectivity index (χ2n) is 3.41. The zero-order chi connectivity index (χ0) is 11.5. The highest BCUT2D eigenvalue weighted by Crippen LogP contribution is 2.27. The maximum absolute atomic E-state index is 11.5. The van der Waals surface area contributed by atoms with Gasteiger partial charge in [0.05, 0.1) is 6.61 Å². The van der Waals surface area contributed by atoms with Gasteiger partial charge in [0.15, 0.2) is 0 Å². The van der Waals surface area contributed by atoms with E-state index in [4.69, 9.17) is 10.5 Å². The average Bonchev–Trinajstić information content (AvgIpc) is 2.71. The lowest BCUT2D eigenvalue weighted by Gasteiger charge is -1.95. The molecular weight excluding hydrogens is 258 g/mol. The number of carbonyl (C=O) groups is 1. The van der Waals surface area contributed by atoms with E-state index < -0.39 is 0 Å². The van der Waals surface area contributed by atoms with Crippen LogP contribution in [-0.4, -0.2) is 12.6 Å². The molecule has 2 rings (SSSR count). The topological polar surface area (TPSA) is 52.3 Å². The van der Waals surface area contributed by atoms with Gasteiger partial charge in [0.25, 0.3) is 0 Å². The summed E-state index contributed by atoms with van der Waals surface area (Å²) in [7, 11) is 0. The number of benzene rings is 1. The smallest absolute Gasteiger partial charge is 0.348 e. The van der Waals surface area contributed by atoms with Crippen LogP contribution in [0.4, 0.5) is 0 Å². The van der Waals surface area contributed by atoms with Crippen LogP contribution in [0.2, 0.25) is 0 Å². The fourth-order valence-corrected chi connectivity index (χ4v) is 2.53. The van der Waals surface area contributed by atoms with E-state index in [-0.39, 0.29) is 18.4 Å². The van der Waals surface area contributed by atoms with E-state index in [9.17, 15) is 4.79 Å². The second-order valence-corrected chi connectivity index (χ2v) is 4.49. The molecule has 0 saturated carbocycles. The third-order valence-corrected chi connectivity index (χ3v) is 3.37. The number of nitrogens with two attached hydrogens (primary N) is 1. The number of esters is 1. The van der Waals surface area contributed by atoms with Crippen LogP contribution in [0.5, 0.6) is 0 Å². The zero-order valence-electron chi connectivity index (χ0n) is 9.43. The highest BCUT2D eigenvalue weighted by Gasteiger charge is 2.10. The standard InChI is InChI=1S/C12H13NO2S.ClH/c1-2-15-12(14)11-6-9-4-3-8(7-13)5-10(9)16-11;/h3-6H,2,7,13H2,1H3;1H. The minimum Gasteiger partial charge on any atom is -0.462 e. The summed E-state index contributed by atoms with van der Waals surface area (Å²) in [4.78, 5) is 12.2. The van der Waals surface area contributed by atoms with Crippen LogP contribution in [0.3, 0.4) is 0 Å². The van der Waals surface area contributed by atoms with Crippen molar-refractivity contribution >= 4 is 39.8 Å². The maximum atomic E-state index is 11.5. The molecule has 0 aliphatic rings. The lowest BCUT2D eigenvalue weighted by Crippen LogP contribution is -2.01. The number of rotatable bonds is 3. The number of fused-ring (bicyclic) bond motifs is 1. The lowest BCUT2D eigenvalue weighted by molar-refractivity contribution is 0.0532. The summed E-state index contributed by atoms with van der Waals surface area (Å²) in [6, 6.07) is 7.84. The minimum atomic E-state index is -0.252. The Kier molecular flexibility index (Phi) is 4.93. The Morgan fingerprint density at radius 2 is 2.18 bits per heavy atom. The molecule has 1 aromatic heterocycles. The predicted octanol–water partition coefficient (Wildman–Crippen LogP) is 2.96. The van der Waals surface area contributed by atoms with E-state index >= 15 is 0 Å². The molecule has 0 saturated heterocycles. The molecule has 0 aliphatic heterocycles.